The molecule has 18 heavy (non-hydrogen) atoms. The molecule has 0 saturated carbocycles. The quantitative estimate of drug-likeness (QED) is 0.921. The van der Waals surface area contributed by atoms with Gasteiger partial charge in [0, 0.05) is 24.4 Å². The van der Waals surface area contributed by atoms with Crippen LogP contribution in [0.15, 0.2) is 15.9 Å². The number of amides is 1. The molecule has 1 N–H and O–H groups in total. The molecule has 1 unspecified atom stereocenters. The van der Waals surface area contributed by atoms with Gasteiger partial charge in [0.15, 0.2) is 0 Å². The van der Waals surface area contributed by atoms with Crippen LogP contribution in [0.3, 0.4) is 0 Å². The predicted molar refractivity (Wildman–Crippen MR) is 72.7 cm³/mol. The highest BCUT2D eigenvalue weighted by Gasteiger charge is 2.29. The highest BCUT2D eigenvalue weighted by molar-refractivity contribution is 9.11. The zero-order chi connectivity index (χ0) is 13.1. The molecule has 1 aromatic heterocycles. The zero-order valence-electron chi connectivity index (χ0n) is 9.76. The molecule has 0 aromatic carbocycles. The summed E-state index contributed by atoms with van der Waals surface area (Å²) < 4.78 is 1.07. The molecule has 1 aromatic rings. The lowest BCUT2D eigenvalue weighted by molar-refractivity contribution is -0.147. The number of nitrogens with zero attached hydrogens (tertiary/aromatic N) is 1. The van der Waals surface area contributed by atoms with E-state index in [1.54, 1.807) is 16.2 Å². The summed E-state index contributed by atoms with van der Waals surface area (Å²) in [5, 5.41) is 8.99. The van der Waals surface area contributed by atoms with Gasteiger partial charge in [-0.2, -0.15) is 0 Å². The molecule has 1 atom stereocenters. The average Bonchev–Trinajstić information content (AvgIpc) is 2.74. The highest BCUT2D eigenvalue weighted by atomic mass is 79.9. The molecule has 1 aliphatic rings. The number of hydrogen-bond acceptors (Lipinski definition) is 3. The van der Waals surface area contributed by atoms with Crippen LogP contribution >= 0.6 is 27.3 Å². The number of rotatable bonds is 4. The van der Waals surface area contributed by atoms with Crippen LogP contribution in [0, 0.1) is 5.92 Å². The Morgan fingerprint density at radius 3 is 2.94 bits per heavy atom. The molecule has 98 valence electrons. The Balaban J connectivity index is 1.90. The van der Waals surface area contributed by atoms with E-state index in [-0.39, 0.29) is 5.91 Å². The van der Waals surface area contributed by atoms with Crippen molar-refractivity contribution >= 4 is 39.1 Å². The van der Waals surface area contributed by atoms with E-state index in [1.807, 2.05) is 12.1 Å². The summed E-state index contributed by atoms with van der Waals surface area (Å²) in [6.07, 6.45) is 1.61. The van der Waals surface area contributed by atoms with Crippen molar-refractivity contribution in [3.05, 3.63) is 20.8 Å². The molecule has 1 fully saturated rings. The van der Waals surface area contributed by atoms with Crippen LogP contribution in [0.4, 0.5) is 0 Å². The maximum absolute atomic E-state index is 11.7. The fourth-order valence-corrected chi connectivity index (χ4v) is 3.54. The first-order valence-corrected chi connectivity index (χ1v) is 7.42. The smallest absolute Gasteiger partial charge is 0.308 e. The molecule has 6 heteroatoms. The van der Waals surface area contributed by atoms with E-state index in [2.05, 4.69) is 15.9 Å². The van der Waals surface area contributed by atoms with Gasteiger partial charge in [0.1, 0.15) is 0 Å². The van der Waals surface area contributed by atoms with Gasteiger partial charge in [0.25, 0.3) is 0 Å². The summed E-state index contributed by atoms with van der Waals surface area (Å²) in [6, 6.07) is 4.01. The van der Waals surface area contributed by atoms with Crippen molar-refractivity contribution in [1.29, 1.82) is 0 Å². The van der Waals surface area contributed by atoms with Crippen LogP contribution in [0.1, 0.15) is 17.7 Å². The Morgan fingerprint density at radius 2 is 2.33 bits per heavy atom. The van der Waals surface area contributed by atoms with Gasteiger partial charge in [-0.05, 0) is 40.9 Å². The van der Waals surface area contributed by atoms with E-state index in [0.717, 1.165) is 10.2 Å². The fraction of sp³-hybridized carbons (Fsp3) is 0.500. The standard InChI is InChI=1S/C12H14BrNO3S/c13-10-3-2-9(18-10)5-6-14-7-8(12(16)17)1-4-11(14)15/h2-3,8H,1,4-7H2,(H,16,17). The monoisotopic (exact) mass is 331 g/mol. The van der Waals surface area contributed by atoms with Crippen LogP contribution in [-0.4, -0.2) is 35.0 Å². The van der Waals surface area contributed by atoms with Gasteiger partial charge in [-0.25, -0.2) is 0 Å². The molecule has 0 aliphatic carbocycles. The number of carboxylic acids is 1. The number of thiophene rings is 1. The lowest BCUT2D eigenvalue weighted by atomic mass is 9.97. The largest absolute Gasteiger partial charge is 0.481 e. The van der Waals surface area contributed by atoms with Crippen LogP contribution in [0.25, 0.3) is 0 Å². The summed E-state index contributed by atoms with van der Waals surface area (Å²) in [5.74, 6) is -1.13. The number of halogens is 1. The van der Waals surface area contributed by atoms with Crippen LogP contribution < -0.4 is 0 Å². The number of aliphatic carboxylic acids is 1. The lowest BCUT2D eigenvalue weighted by Crippen LogP contribution is -2.43. The summed E-state index contributed by atoms with van der Waals surface area (Å²) in [4.78, 5) is 25.5. The fourth-order valence-electron chi connectivity index (χ4n) is 2.06. The molecule has 1 saturated heterocycles. The molecule has 1 amide bonds. The van der Waals surface area contributed by atoms with Crippen molar-refractivity contribution in [3.63, 3.8) is 0 Å². The van der Waals surface area contributed by atoms with E-state index in [0.29, 0.717) is 25.9 Å². The average molecular weight is 332 g/mol. The first kappa shape index (κ1) is 13.5. The van der Waals surface area contributed by atoms with Crippen LogP contribution in [0.2, 0.25) is 0 Å². The third-order valence-corrected chi connectivity index (χ3v) is 4.79. The summed E-state index contributed by atoms with van der Waals surface area (Å²) in [5.41, 5.74) is 0. The van der Waals surface area contributed by atoms with Crippen molar-refractivity contribution in [2.24, 2.45) is 5.92 Å². The minimum Gasteiger partial charge on any atom is -0.481 e. The van der Waals surface area contributed by atoms with Crippen molar-refractivity contribution in [2.75, 3.05) is 13.1 Å². The molecule has 2 heterocycles. The minimum atomic E-state index is -0.800. The first-order chi connectivity index (χ1) is 8.56. The number of piperidine rings is 1. The Kier molecular flexibility index (Phi) is 4.40. The maximum Gasteiger partial charge on any atom is 0.308 e. The minimum absolute atomic E-state index is 0.0723. The predicted octanol–water partition coefficient (Wildman–Crippen LogP) is 2.38. The maximum atomic E-state index is 11.7. The molecule has 4 nitrogen and oxygen atoms in total. The Labute approximate surface area is 118 Å². The summed E-state index contributed by atoms with van der Waals surface area (Å²) in [7, 11) is 0. The Hall–Kier alpha value is -0.880. The van der Waals surface area contributed by atoms with Crippen molar-refractivity contribution in [2.45, 2.75) is 19.3 Å². The molecule has 0 spiro atoms. The van der Waals surface area contributed by atoms with E-state index < -0.39 is 11.9 Å². The Morgan fingerprint density at radius 1 is 1.56 bits per heavy atom. The number of carbonyl (C=O) groups is 2. The van der Waals surface area contributed by atoms with E-state index in [4.69, 9.17) is 5.11 Å². The molecule has 0 bridgehead atoms. The second-order valence-corrected chi connectivity index (χ2v) is 6.92. The van der Waals surface area contributed by atoms with E-state index in [1.165, 1.54) is 4.88 Å². The van der Waals surface area contributed by atoms with Gasteiger partial charge < -0.3 is 10.0 Å². The second-order valence-electron chi connectivity index (χ2n) is 4.37. The third kappa shape index (κ3) is 3.32. The molecule has 1 aliphatic heterocycles. The van der Waals surface area contributed by atoms with Crippen LogP contribution in [-0.2, 0) is 16.0 Å². The number of likely N-dealkylation sites (tertiary alicyclic amines) is 1. The van der Waals surface area contributed by atoms with Crippen LogP contribution in [0.5, 0.6) is 0 Å². The molecule has 2 rings (SSSR count). The van der Waals surface area contributed by atoms with Gasteiger partial charge in [0.2, 0.25) is 5.91 Å². The number of carbonyl (C=O) groups excluding carboxylic acids is 1. The topological polar surface area (TPSA) is 57.6 Å². The van der Waals surface area contributed by atoms with E-state index in [9.17, 15) is 9.59 Å². The van der Waals surface area contributed by atoms with Gasteiger partial charge in [0.05, 0.1) is 9.70 Å². The van der Waals surface area contributed by atoms with Gasteiger partial charge >= 0.3 is 5.97 Å². The van der Waals surface area contributed by atoms with Gasteiger partial charge in [-0.1, -0.05) is 0 Å². The number of hydrogen-bond donors (Lipinski definition) is 1. The van der Waals surface area contributed by atoms with Crippen molar-refractivity contribution in [3.8, 4) is 0 Å². The summed E-state index contributed by atoms with van der Waals surface area (Å²) in [6.45, 7) is 0.955. The first-order valence-electron chi connectivity index (χ1n) is 5.81. The lowest BCUT2D eigenvalue weighted by Gasteiger charge is -2.30. The highest BCUT2D eigenvalue weighted by Crippen LogP contribution is 2.23. The van der Waals surface area contributed by atoms with Gasteiger partial charge in [-0.3, -0.25) is 9.59 Å². The van der Waals surface area contributed by atoms with E-state index >= 15 is 0 Å². The number of carboxylic acid groups (broad SMARTS) is 1. The van der Waals surface area contributed by atoms with Crippen molar-refractivity contribution in [1.82, 2.24) is 4.90 Å². The second kappa shape index (κ2) is 5.84. The SMILES string of the molecule is O=C(O)C1CCC(=O)N(CCc2ccc(Br)s2)C1. The normalized spacial score (nSPS) is 20.2. The molecular formula is C12H14BrNO3S. The molecule has 0 radical (unpaired) electrons. The summed E-state index contributed by atoms with van der Waals surface area (Å²) >= 11 is 5.05. The third-order valence-electron chi connectivity index (χ3n) is 3.11. The van der Waals surface area contributed by atoms with Gasteiger partial charge in [-0.15, -0.1) is 11.3 Å². The molecular weight excluding hydrogens is 318 g/mol. The van der Waals surface area contributed by atoms with Crippen molar-refractivity contribution < 1.29 is 14.7 Å². The Bertz CT molecular complexity index is 460. The zero-order valence-corrected chi connectivity index (χ0v) is 12.2.